The lowest BCUT2D eigenvalue weighted by Crippen LogP contribution is -2.10. The Balaban J connectivity index is 1.16. The van der Waals surface area contributed by atoms with Gasteiger partial charge in [-0.05, 0) is 82.2 Å². The van der Waals surface area contributed by atoms with E-state index >= 15 is 0 Å². The molecule has 3 heteroatoms. The second kappa shape index (κ2) is 11.2. The molecule has 0 radical (unpaired) electrons. The van der Waals surface area contributed by atoms with Crippen LogP contribution < -0.4 is 4.90 Å². The van der Waals surface area contributed by atoms with Gasteiger partial charge in [-0.2, -0.15) is 0 Å². The van der Waals surface area contributed by atoms with Crippen molar-refractivity contribution < 1.29 is 4.42 Å². The average Bonchev–Trinajstić information content (AvgIpc) is 3.74. The molecule has 0 amide bonds. The SMILES string of the molecule is c1ccc(-c2ccc(N(c3cccc(-c4cccc5c4sc4ccccc45)c3)c3ccc4oc5c6ccccc6ccc5c4c3)cc2)cc1. The fourth-order valence-corrected chi connectivity index (χ4v) is 8.54. The summed E-state index contributed by atoms with van der Waals surface area (Å²) in [5.74, 6) is 0. The second-order valence-electron chi connectivity index (χ2n) is 12.5. The minimum Gasteiger partial charge on any atom is -0.455 e. The third-order valence-electron chi connectivity index (χ3n) is 9.66. The Kier molecular flexibility index (Phi) is 6.39. The number of nitrogens with zero attached hydrogens (tertiary/aromatic N) is 1. The summed E-state index contributed by atoms with van der Waals surface area (Å²) in [6, 6.07) is 63.2. The highest BCUT2D eigenvalue weighted by Crippen LogP contribution is 2.44. The minimum absolute atomic E-state index is 0.889. The van der Waals surface area contributed by atoms with Crippen molar-refractivity contribution >= 4 is 81.3 Å². The van der Waals surface area contributed by atoms with Crippen molar-refractivity contribution in [3.63, 3.8) is 0 Å². The van der Waals surface area contributed by atoms with Crippen LogP contribution in [0.3, 0.4) is 0 Å². The molecule has 0 atom stereocenters. The fraction of sp³-hybridized carbons (Fsp3) is 0. The Bertz CT molecular complexity index is 2830. The molecule has 0 aliphatic carbocycles. The van der Waals surface area contributed by atoms with Gasteiger partial charge in [-0.25, -0.2) is 0 Å². The van der Waals surface area contributed by atoms with Gasteiger partial charge in [0.1, 0.15) is 11.2 Å². The van der Waals surface area contributed by atoms with E-state index in [1.165, 1.54) is 47.8 Å². The molecule has 0 spiro atoms. The molecule has 230 valence electrons. The van der Waals surface area contributed by atoms with Crippen LogP contribution in [0.4, 0.5) is 17.1 Å². The number of hydrogen-bond donors (Lipinski definition) is 0. The first-order valence-corrected chi connectivity index (χ1v) is 17.4. The maximum absolute atomic E-state index is 6.50. The number of thiophene rings is 1. The first kappa shape index (κ1) is 27.9. The first-order chi connectivity index (χ1) is 24.3. The van der Waals surface area contributed by atoms with Crippen LogP contribution in [0.5, 0.6) is 0 Å². The molecule has 2 nitrogen and oxygen atoms in total. The van der Waals surface area contributed by atoms with Crippen molar-refractivity contribution in [1.82, 2.24) is 0 Å². The molecule has 49 heavy (non-hydrogen) atoms. The summed E-state index contributed by atoms with van der Waals surface area (Å²) in [4.78, 5) is 2.36. The van der Waals surface area contributed by atoms with Crippen molar-refractivity contribution in [1.29, 1.82) is 0 Å². The van der Waals surface area contributed by atoms with Gasteiger partial charge in [0.05, 0.1) is 0 Å². The summed E-state index contributed by atoms with van der Waals surface area (Å²) in [5, 5.41) is 7.17. The van der Waals surface area contributed by atoms with Gasteiger partial charge in [-0.1, -0.05) is 121 Å². The van der Waals surface area contributed by atoms with E-state index < -0.39 is 0 Å². The van der Waals surface area contributed by atoms with Gasteiger partial charge in [0.2, 0.25) is 0 Å². The molecule has 0 aliphatic heterocycles. The van der Waals surface area contributed by atoms with E-state index in [1.54, 1.807) is 0 Å². The van der Waals surface area contributed by atoms with Gasteiger partial charge in [0.15, 0.2) is 0 Å². The average molecular weight is 644 g/mol. The largest absolute Gasteiger partial charge is 0.455 e. The van der Waals surface area contributed by atoms with Crippen molar-refractivity contribution in [3.8, 4) is 22.3 Å². The highest BCUT2D eigenvalue weighted by molar-refractivity contribution is 7.26. The number of anilines is 3. The van der Waals surface area contributed by atoms with Gasteiger partial charge < -0.3 is 9.32 Å². The molecule has 0 saturated carbocycles. The highest BCUT2D eigenvalue weighted by Gasteiger charge is 2.18. The zero-order valence-corrected chi connectivity index (χ0v) is 27.3. The number of benzene rings is 8. The maximum atomic E-state index is 6.50. The van der Waals surface area contributed by atoms with E-state index in [4.69, 9.17) is 4.42 Å². The summed E-state index contributed by atoms with van der Waals surface area (Å²) >= 11 is 1.87. The lowest BCUT2D eigenvalue weighted by Gasteiger charge is -2.26. The van der Waals surface area contributed by atoms with Crippen LogP contribution >= 0.6 is 11.3 Å². The zero-order chi connectivity index (χ0) is 32.3. The van der Waals surface area contributed by atoms with E-state index in [1.807, 2.05) is 11.3 Å². The van der Waals surface area contributed by atoms with E-state index in [0.717, 1.165) is 44.4 Å². The Morgan fingerprint density at radius 1 is 0.408 bits per heavy atom. The molecule has 2 heterocycles. The van der Waals surface area contributed by atoms with E-state index in [2.05, 4.69) is 181 Å². The maximum Gasteiger partial charge on any atom is 0.143 e. The van der Waals surface area contributed by atoms with Gasteiger partial charge in [0, 0.05) is 53.4 Å². The molecule has 2 aromatic heterocycles. The van der Waals surface area contributed by atoms with Crippen molar-refractivity contribution in [2.45, 2.75) is 0 Å². The molecule has 0 unspecified atom stereocenters. The third-order valence-corrected chi connectivity index (χ3v) is 10.9. The molecule has 0 fully saturated rings. The van der Waals surface area contributed by atoms with Gasteiger partial charge >= 0.3 is 0 Å². The quantitative estimate of drug-likeness (QED) is 0.186. The predicted octanol–water partition coefficient (Wildman–Crippen LogP) is 13.9. The molecule has 10 rings (SSSR count). The normalized spacial score (nSPS) is 11.7. The van der Waals surface area contributed by atoms with Gasteiger partial charge in [0.25, 0.3) is 0 Å². The predicted molar refractivity (Wildman–Crippen MR) is 210 cm³/mol. The van der Waals surface area contributed by atoms with Crippen LogP contribution in [0.1, 0.15) is 0 Å². The summed E-state index contributed by atoms with van der Waals surface area (Å²) in [5.41, 5.74) is 9.94. The van der Waals surface area contributed by atoms with Crippen LogP contribution in [0.25, 0.3) is 75.1 Å². The standard InChI is InChI=1S/C46H29NOS/c1-2-10-30(11-3-1)31-20-23-34(24-21-31)47(36-25-27-43-42(29-36)40-26-22-32-12-4-5-15-37(32)45(40)48-43)35-14-8-13-33(28-35)38-17-9-18-41-39-16-6-7-19-44(39)49-46(38)41/h1-29H. The number of rotatable bonds is 5. The second-order valence-corrected chi connectivity index (χ2v) is 13.6. The number of hydrogen-bond acceptors (Lipinski definition) is 3. The lowest BCUT2D eigenvalue weighted by atomic mass is 10.0. The first-order valence-electron chi connectivity index (χ1n) is 16.6. The van der Waals surface area contributed by atoms with Crippen LogP contribution in [-0.2, 0) is 0 Å². The summed E-state index contributed by atoms with van der Waals surface area (Å²) in [6.45, 7) is 0. The van der Waals surface area contributed by atoms with Gasteiger partial charge in [-0.15, -0.1) is 11.3 Å². The fourth-order valence-electron chi connectivity index (χ4n) is 7.30. The van der Waals surface area contributed by atoms with Crippen molar-refractivity contribution in [3.05, 3.63) is 176 Å². The smallest absolute Gasteiger partial charge is 0.143 e. The molecule has 0 saturated heterocycles. The van der Waals surface area contributed by atoms with E-state index in [-0.39, 0.29) is 0 Å². The molecule has 8 aromatic carbocycles. The van der Waals surface area contributed by atoms with Crippen LogP contribution in [0, 0.1) is 0 Å². The number of fused-ring (bicyclic) bond motifs is 8. The Labute approximate surface area is 287 Å². The summed E-state index contributed by atoms with van der Waals surface area (Å²) < 4.78 is 9.13. The Hall–Kier alpha value is -6.16. The van der Waals surface area contributed by atoms with Crippen LogP contribution in [0.2, 0.25) is 0 Å². The number of furan rings is 1. The van der Waals surface area contributed by atoms with E-state index in [0.29, 0.717) is 0 Å². The highest BCUT2D eigenvalue weighted by atomic mass is 32.1. The Morgan fingerprint density at radius 3 is 2.00 bits per heavy atom. The molecule has 0 aliphatic rings. The minimum atomic E-state index is 0.889. The zero-order valence-electron chi connectivity index (χ0n) is 26.5. The van der Waals surface area contributed by atoms with E-state index in [9.17, 15) is 0 Å². The molecular weight excluding hydrogens is 615 g/mol. The molecule has 0 bridgehead atoms. The summed E-state index contributed by atoms with van der Waals surface area (Å²) in [6.07, 6.45) is 0. The van der Waals surface area contributed by atoms with Crippen molar-refractivity contribution in [2.24, 2.45) is 0 Å². The Morgan fingerprint density at radius 2 is 1.10 bits per heavy atom. The van der Waals surface area contributed by atoms with Gasteiger partial charge in [-0.3, -0.25) is 0 Å². The van der Waals surface area contributed by atoms with Crippen LogP contribution in [0.15, 0.2) is 180 Å². The molecular formula is C46H29NOS. The van der Waals surface area contributed by atoms with Crippen molar-refractivity contribution in [2.75, 3.05) is 4.90 Å². The summed E-state index contributed by atoms with van der Waals surface area (Å²) in [7, 11) is 0. The third kappa shape index (κ3) is 4.62. The lowest BCUT2D eigenvalue weighted by molar-refractivity contribution is 0.672. The van der Waals surface area contributed by atoms with Crippen LogP contribution in [-0.4, -0.2) is 0 Å². The molecule has 10 aromatic rings. The monoisotopic (exact) mass is 643 g/mol. The topological polar surface area (TPSA) is 16.4 Å². The molecule has 0 N–H and O–H groups in total.